The van der Waals surface area contributed by atoms with Crippen LogP contribution < -0.4 is 10.6 Å². The topological polar surface area (TPSA) is 29.3 Å². The van der Waals surface area contributed by atoms with Gasteiger partial charge in [0.2, 0.25) is 0 Å². The molecule has 106 valence electrons. The fourth-order valence-corrected chi connectivity index (χ4v) is 3.76. The van der Waals surface area contributed by atoms with Crippen LogP contribution in [-0.4, -0.2) is 18.6 Å². The highest BCUT2D eigenvalue weighted by atomic mass is 19.1. The largest absolute Gasteiger partial charge is 0.364 e. The van der Waals surface area contributed by atoms with Crippen LogP contribution in [0.3, 0.4) is 0 Å². The molecule has 0 amide bonds. The molecule has 1 unspecified atom stereocenters. The van der Waals surface area contributed by atoms with E-state index in [4.69, 9.17) is 5.73 Å². The Morgan fingerprint density at radius 1 is 1.32 bits per heavy atom. The van der Waals surface area contributed by atoms with Crippen molar-refractivity contribution < 1.29 is 4.39 Å². The molecule has 0 radical (unpaired) electrons. The highest BCUT2D eigenvalue weighted by Gasteiger charge is 2.51. The quantitative estimate of drug-likeness (QED) is 0.901. The van der Waals surface area contributed by atoms with E-state index in [1.807, 2.05) is 6.07 Å². The second kappa shape index (κ2) is 5.12. The molecule has 2 rings (SSSR count). The number of rotatable bonds is 4. The lowest BCUT2D eigenvalue weighted by Gasteiger charge is -2.50. The van der Waals surface area contributed by atoms with E-state index in [1.165, 1.54) is 18.9 Å². The zero-order valence-electron chi connectivity index (χ0n) is 12.2. The minimum absolute atomic E-state index is 0.0600. The molecule has 3 heteroatoms. The average molecular weight is 264 g/mol. The van der Waals surface area contributed by atoms with Crippen molar-refractivity contribution in [1.82, 2.24) is 0 Å². The molecule has 0 saturated heterocycles. The summed E-state index contributed by atoms with van der Waals surface area (Å²) in [5, 5.41) is 0. The van der Waals surface area contributed by atoms with Gasteiger partial charge in [-0.25, -0.2) is 4.39 Å². The molecule has 1 aliphatic carbocycles. The summed E-state index contributed by atoms with van der Waals surface area (Å²) in [4.78, 5) is 2.31. The van der Waals surface area contributed by atoms with Crippen LogP contribution in [-0.2, 0) is 0 Å². The lowest BCUT2D eigenvalue weighted by atomic mass is 9.73. The summed E-state index contributed by atoms with van der Waals surface area (Å²) < 4.78 is 13.5. The van der Waals surface area contributed by atoms with Gasteiger partial charge >= 0.3 is 0 Å². The third-order valence-corrected chi connectivity index (χ3v) is 4.94. The zero-order chi connectivity index (χ0) is 14.1. The number of benzene rings is 1. The van der Waals surface area contributed by atoms with Gasteiger partial charge < -0.3 is 10.6 Å². The summed E-state index contributed by atoms with van der Waals surface area (Å²) in [5.74, 6) is -0.182. The number of hydrogen-bond donors (Lipinski definition) is 1. The first kappa shape index (κ1) is 14.3. The normalized spacial score (nSPS) is 25.5. The Kier molecular flexibility index (Phi) is 3.86. The Morgan fingerprint density at radius 3 is 2.53 bits per heavy atom. The predicted octanol–water partition coefficient (Wildman–Crippen LogP) is 3.56. The number of halogens is 1. The molecule has 0 heterocycles. The average Bonchev–Trinajstić information content (AvgIpc) is 2.67. The minimum Gasteiger partial charge on any atom is -0.364 e. The molecule has 1 aliphatic rings. The number of hydrogen-bond acceptors (Lipinski definition) is 2. The van der Waals surface area contributed by atoms with Gasteiger partial charge in [0.25, 0.3) is 0 Å². The van der Waals surface area contributed by atoms with Crippen LogP contribution in [0.2, 0.25) is 0 Å². The number of anilines is 1. The molecule has 1 aromatic rings. The van der Waals surface area contributed by atoms with Crippen molar-refractivity contribution in [2.75, 3.05) is 18.0 Å². The van der Waals surface area contributed by atoms with Crippen LogP contribution in [0, 0.1) is 11.2 Å². The van der Waals surface area contributed by atoms with E-state index < -0.39 is 0 Å². The van der Waals surface area contributed by atoms with E-state index in [9.17, 15) is 4.39 Å². The van der Waals surface area contributed by atoms with E-state index in [-0.39, 0.29) is 16.8 Å². The van der Waals surface area contributed by atoms with Crippen LogP contribution in [0.25, 0.3) is 0 Å². The van der Waals surface area contributed by atoms with Gasteiger partial charge in [0.1, 0.15) is 5.82 Å². The fraction of sp³-hybridized carbons (Fsp3) is 0.625. The van der Waals surface area contributed by atoms with Gasteiger partial charge in [-0.3, -0.25) is 0 Å². The second-order valence-electron chi connectivity index (χ2n) is 6.20. The molecule has 0 aromatic heterocycles. The van der Waals surface area contributed by atoms with Crippen molar-refractivity contribution in [1.29, 1.82) is 0 Å². The first-order valence-corrected chi connectivity index (χ1v) is 7.20. The Hall–Kier alpha value is -1.09. The van der Waals surface area contributed by atoms with Crippen molar-refractivity contribution in [2.45, 2.75) is 45.6 Å². The first-order chi connectivity index (χ1) is 8.97. The maximum absolute atomic E-state index is 13.5. The van der Waals surface area contributed by atoms with E-state index in [2.05, 4.69) is 25.7 Å². The van der Waals surface area contributed by atoms with Gasteiger partial charge in [-0.1, -0.05) is 26.3 Å². The smallest absolute Gasteiger partial charge is 0.125 e. The molecular weight excluding hydrogens is 239 g/mol. The van der Waals surface area contributed by atoms with Gasteiger partial charge in [-0.15, -0.1) is 0 Å². The zero-order valence-corrected chi connectivity index (χ0v) is 12.2. The maximum Gasteiger partial charge on any atom is 0.125 e. The van der Waals surface area contributed by atoms with E-state index >= 15 is 0 Å². The van der Waals surface area contributed by atoms with Crippen LogP contribution >= 0.6 is 0 Å². The number of nitrogens with zero attached hydrogens (tertiary/aromatic N) is 1. The molecular formula is C16H25FN2. The van der Waals surface area contributed by atoms with Crippen LogP contribution in [0.4, 0.5) is 10.1 Å². The summed E-state index contributed by atoms with van der Waals surface area (Å²) in [5.41, 5.74) is 7.20. The molecule has 1 aromatic carbocycles. The molecule has 1 saturated carbocycles. The summed E-state index contributed by atoms with van der Waals surface area (Å²) in [7, 11) is 0. The van der Waals surface area contributed by atoms with Crippen LogP contribution in [0.1, 0.15) is 40.0 Å². The molecule has 0 aliphatic heterocycles. The fourth-order valence-electron chi connectivity index (χ4n) is 3.76. The van der Waals surface area contributed by atoms with Gasteiger partial charge in [0.15, 0.2) is 0 Å². The van der Waals surface area contributed by atoms with Gasteiger partial charge in [0, 0.05) is 18.8 Å². The lowest BCUT2D eigenvalue weighted by Crippen LogP contribution is -2.60. The molecule has 19 heavy (non-hydrogen) atoms. The van der Waals surface area contributed by atoms with Crippen molar-refractivity contribution in [2.24, 2.45) is 11.1 Å². The lowest BCUT2D eigenvalue weighted by molar-refractivity contribution is 0.201. The third-order valence-electron chi connectivity index (χ3n) is 4.94. The second-order valence-corrected chi connectivity index (χ2v) is 6.20. The van der Waals surface area contributed by atoms with E-state index in [0.717, 1.165) is 18.7 Å². The highest BCUT2D eigenvalue weighted by molar-refractivity contribution is 5.50. The standard InChI is InChI=1S/C16H25FN2/c1-4-19(14-8-5-7-13(17)11-14)16(12-18)10-6-9-15(16,2)3/h5,7-8,11H,4,6,9-10,12,18H2,1-3H3. The van der Waals surface area contributed by atoms with Gasteiger partial charge in [0.05, 0.1) is 5.54 Å². The minimum atomic E-state index is -0.182. The van der Waals surface area contributed by atoms with Crippen LogP contribution in [0.15, 0.2) is 24.3 Å². The third kappa shape index (κ3) is 2.25. The van der Waals surface area contributed by atoms with Gasteiger partial charge in [-0.05, 0) is 43.4 Å². The molecule has 0 bridgehead atoms. The van der Waals surface area contributed by atoms with Crippen molar-refractivity contribution >= 4 is 5.69 Å². The van der Waals surface area contributed by atoms with Crippen molar-refractivity contribution in [3.8, 4) is 0 Å². The number of likely N-dealkylation sites (N-methyl/N-ethyl adjacent to an activating group) is 1. The van der Waals surface area contributed by atoms with Crippen molar-refractivity contribution in [3.63, 3.8) is 0 Å². The Bertz CT molecular complexity index is 444. The molecule has 1 atom stereocenters. The first-order valence-electron chi connectivity index (χ1n) is 7.20. The molecule has 2 N–H and O–H groups in total. The Labute approximate surface area is 115 Å². The highest BCUT2D eigenvalue weighted by Crippen LogP contribution is 2.50. The predicted molar refractivity (Wildman–Crippen MR) is 78.8 cm³/mol. The summed E-state index contributed by atoms with van der Waals surface area (Å²) >= 11 is 0. The molecule has 0 spiro atoms. The molecule has 2 nitrogen and oxygen atoms in total. The number of nitrogens with two attached hydrogens (primary N) is 1. The molecule has 1 fully saturated rings. The SMILES string of the molecule is CCN(c1cccc(F)c1)C1(CN)CCCC1(C)C. The van der Waals surface area contributed by atoms with Crippen LogP contribution in [0.5, 0.6) is 0 Å². The summed E-state index contributed by atoms with van der Waals surface area (Å²) in [6.45, 7) is 8.16. The summed E-state index contributed by atoms with van der Waals surface area (Å²) in [6, 6.07) is 6.87. The Morgan fingerprint density at radius 2 is 2.05 bits per heavy atom. The summed E-state index contributed by atoms with van der Waals surface area (Å²) in [6.07, 6.45) is 3.45. The monoisotopic (exact) mass is 264 g/mol. The maximum atomic E-state index is 13.5. The van der Waals surface area contributed by atoms with Gasteiger partial charge in [-0.2, -0.15) is 0 Å². The van der Waals surface area contributed by atoms with E-state index in [1.54, 1.807) is 12.1 Å². The van der Waals surface area contributed by atoms with Crippen molar-refractivity contribution in [3.05, 3.63) is 30.1 Å². The Balaban J connectivity index is 2.45. The van der Waals surface area contributed by atoms with E-state index in [0.29, 0.717) is 6.54 Å².